The standard InChI is InChI=1S/C15H20Cl2N2/c16-12-4-1-5-13(17)11(12)10-19-9-3-7-15(19)14-6-2-8-18-14/h1,4-5,14-15,18H,2-3,6-10H2. The molecule has 2 fully saturated rings. The Kier molecular flexibility index (Phi) is 4.33. The molecule has 1 aromatic rings. The lowest BCUT2D eigenvalue weighted by atomic mass is 10.0. The largest absolute Gasteiger partial charge is 0.312 e. The Morgan fingerprint density at radius 3 is 2.63 bits per heavy atom. The average Bonchev–Trinajstić information content (AvgIpc) is 3.04. The van der Waals surface area contributed by atoms with Crippen molar-refractivity contribution < 1.29 is 0 Å². The van der Waals surface area contributed by atoms with Gasteiger partial charge >= 0.3 is 0 Å². The smallest absolute Gasteiger partial charge is 0.0465 e. The predicted octanol–water partition coefficient (Wildman–Crippen LogP) is 3.71. The molecule has 2 saturated heterocycles. The fourth-order valence-corrected chi connectivity index (χ4v) is 3.95. The summed E-state index contributed by atoms with van der Waals surface area (Å²) in [5.74, 6) is 0. The Morgan fingerprint density at radius 2 is 1.95 bits per heavy atom. The van der Waals surface area contributed by atoms with Crippen LogP contribution in [0.5, 0.6) is 0 Å². The first kappa shape index (κ1) is 13.7. The van der Waals surface area contributed by atoms with E-state index in [2.05, 4.69) is 10.2 Å². The Bertz CT molecular complexity index is 424. The third kappa shape index (κ3) is 2.92. The van der Waals surface area contributed by atoms with Gasteiger partial charge in [0.25, 0.3) is 0 Å². The molecule has 0 saturated carbocycles. The van der Waals surface area contributed by atoms with E-state index in [1.54, 1.807) is 0 Å². The fourth-order valence-electron chi connectivity index (χ4n) is 3.43. The summed E-state index contributed by atoms with van der Waals surface area (Å²) in [5.41, 5.74) is 1.08. The zero-order valence-electron chi connectivity index (χ0n) is 11.0. The topological polar surface area (TPSA) is 15.3 Å². The van der Waals surface area contributed by atoms with Crippen molar-refractivity contribution in [1.29, 1.82) is 0 Å². The van der Waals surface area contributed by atoms with E-state index >= 15 is 0 Å². The van der Waals surface area contributed by atoms with Gasteiger partial charge in [0.15, 0.2) is 0 Å². The van der Waals surface area contributed by atoms with Gasteiger partial charge in [-0.15, -0.1) is 0 Å². The number of likely N-dealkylation sites (tertiary alicyclic amines) is 1. The van der Waals surface area contributed by atoms with Gasteiger partial charge in [-0.25, -0.2) is 0 Å². The summed E-state index contributed by atoms with van der Waals surface area (Å²) in [7, 11) is 0. The van der Waals surface area contributed by atoms with Crippen LogP contribution < -0.4 is 5.32 Å². The highest BCUT2D eigenvalue weighted by molar-refractivity contribution is 6.35. The molecule has 0 radical (unpaired) electrons. The SMILES string of the molecule is Clc1cccc(Cl)c1CN1CCCC1C1CCCN1. The van der Waals surface area contributed by atoms with E-state index < -0.39 is 0 Å². The summed E-state index contributed by atoms with van der Waals surface area (Å²) >= 11 is 12.6. The molecule has 0 spiro atoms. The van der Waals surface area contributed by atoms with Crippen molar-refractivity contribution in [3.8, 4) is 0 Å². The van der Waals surface area contributed by atoms with Crippen LogP contribution in [0.25, 0.3) is 0 Å². The minimum Gasteiger partial charge on any atom is -0.312 e. The zero-order valence-corrected chi connectivity index (χ0v) is 12.6. The molecule has 2 heterocycles. The van der Waals surface area contributed by atoms with E-state index in [4.69, 9.17) is 23.2 Å². The highest BCUT2D eigenvalue weighted by Gasteiger charge is 2.33. The molecular weight excluding hydrogens is 279 g/mol. The van der Waals surface area contributed by atoms with Gasteiger partial charge in [-0.2, -0.15) is 0 Å². The van der Waals surface area contributed by atoms with E-state index in [-0.39, 0.29) is 0 Å². The fraction of sp³-hybridized carbons (Fsp3) is 0.600. The Balaban J connectivity index is 1.74. The molecule has 2 aliphatic heterocycles. The van der Waals surface area contributed by atoms with Gasteiger partial charge in [0.2, 0.25) is 0 Å². The molecule has 19 heavy (non-hydrogen) atoms. The number of nitrogens with zero attached hydrogens (tertiary/aromatic N) is 1. The summed E-state index contributed by atoms with van der Waals surface area (Å²) in [6.07, 6.45) is 5.18. The van der Waals surface area contributed by atoms with Gasteiger partial charge in [0, 0.05) is 34.2 Å². The lowest BCUT2D eigenvalue weighted by Gasteiger charge is -2.30. The van der Waals surface area contributed by atoms with Crippen molar-refractivity contribution in [2.45, 2.75) is 44.3 Å². The molecule has 1 aromatic carbocycles. The summed E-state index contributed by atoms with van der Waals surface area (Å²) in [5, 5.41) is 5.21. The van der Waals surface area contributed by atoms with E-state index in [1.165, 1.54) is 32.2 Å². The molecule has 0 aromatic heterocycles. The van der Waals surface area contributed by atoms with Crippen LogP contribution in [0.15, 0.2) is 18.2 Å². The number of nitrogens with one attached hydrogen (secondary N) is 1. The first-order valence-electron chi connectivity index (χ1n) is 7.16. The van der Waals surface area contributed by atoms with E-state index in [0.717, 1.165) is 28.7 Å². The highest BCUT2D eigenvalue weighted by Crippen LogP contribution is 2.31. The maximum absolute atomic E-state index is 6.29. The Hall–Kier alpha value is -0.280. The van der Waals surface area contributed by atoms with E-state index in [9.17, 15) is 0 Å². The summed E-state index contributed by atoms with van der Waals surface area (Å²) in [4.78, 5) is 2.55. The molecule has 0 bridgehead atoms. The van der Waals surface area contributed by atoms with Gasteiger partial charge in [0.1, 0.15) is 0 Å². The van der Waals surface area contributed by atoms with Crippen LogP contribution in [0, 0.1) is 0 Å². The van der Waals surface area contributed by atoms with Gasteiger partial charge in [-0.05, 0) is 50.9 Å². The van der Waals surface area contributed by atoms with Gasteiger partial charge in [0.05, 0.1) is 0 Å². The lowest BCUT2D eigenvalue weighted by Crippen LogP contribution is -2.43. The second-order valence-electron chi connectivity index (χ2n) is 5.58. The highest BCUT2D eigenvalue weighted by atomic mass is 35.5. The van der Waals surface area contributed by atoms with Crippen molar-refractivity contribution in [3.05, 3.63) is 33.8 Å². The molecule has 2 unspecified atom stereocenters. The summed E-state index contributed by atoms with van der Waals surface area (Å²) in [6.45, 7) is 3.20. The normalized spacial score (nSPS) is 28.1. The Labute approximate surface area is 125 Å². The number of hydrogen-bond donors (Lipinski definition) is 1. The Morgan fingerprint density at radius 1 is 1.16 bits per heavy atom. The predicted molar refractivity (Wildman–Crippen MR) is 80.9 cm³/mol. The van der Waals surface area contributed by atoms with Gasteiger partial charge < -0.3 is 5.32 Å². The molecule has 104 valence electrons. The van der Waals surface area contributed by atoms with Crippen molar-refractivity contribution in [2.75, 3.05) is 13.1 Å². The van der Waals surface area contributed by atoms with Crippen molar-refractivity contribution >= 4 is 23.2 Å². The molecule has 2 aliphatic rings. The summed E-state index contributed by atoms with van der Waals surface area (Å²) < 4.78 is 0. The average molecular weight is 299 g/mol. The maximum atomic E-state index is 6.29. The van der Waals surface area contributed by atoms with Crippen LogP contribution in [0.3, 0.4) is 0 Å². The molecule has 0 aliphatic carbocycles. The first-order chi connectivity index (χ1) is 9.25. The van der Waals surface area contributed by atoms with Crippen molar-refractivity contribution in [1.82, 2.24) is 10.2 Å². The van der Waals surface area contributed by atoms with Crippen LogP contribution in [0.4, 0.5) is 0 Å². The van der Waals surface area contributed by atoms with Crippen molar-refractivity contribution in [3.63, 3.8) is 0 Å². The first-order valence-corrected chi connectivity index (χ1v) is 7.91. The second kappa shape index (κ2) is 6.01. The molecular formula is C15H20Cl2N2. The molecule has 2 nitrogen and oxygen atoms in total. The van der Waals surface area contributed by atoms with Gasteiger partial charge in [-0.3, -0.25) is 4.90 Å². The number of halogens is 2. The minimum absolute atomic E-state index is 0.648. The minimum atomic E-state index is 0.648. The third-order valence-corrected chi connectivity index (χ3v) is 5.11. The van der Waals surface area contributed by atoms with E-state index in [0.29, 0.717) is 12.1 Å². The van der Waals surface area contributed by atoms with E-state index in [1.807, 2.05) is 18.2 Å². The third-order valence-electron chi connectivity index (χ3n) is 4.40. The van der Waals surface area contributed by atoms with Crippen molar-refractivity contribution in [2.24, 2.45) is 0 Å². The second-order valence-corrected chi connectivity index (χ2v) is 6.40. The van der Waals surface area contributed by atoms with Gasteiger partial charge in [-0.1, -0.05) is 29.3 Å². The quantitative estimate of drug-likeness (QED) is 0.915. The lowest BCUT2D eigenvalue weighted by molar-refractivity contribution is 0.206. The molecule has 1 N–H and O–H groups in total. The van der Waals surface area contributed by atoms with Crippen LogP contribution in [-0.2, 0) is 6.54 Å². The molecule has 4 heteroatoms. The van der Waals surface area contributed by atoms with Crippen LogP contribution in [0.1, 0.15) is 31.2 Å². The maximum Gasteiger partial charge on any atom is 0.0465 e. The number of hydrogen-bond acceptors (Lipinski definition) is 2. The van der Waals surface area contributed by atoms with Crippen LogP contribution >= 0.6 is 23.2 Å². The molecule has 2 atom stereocenters. The summed E-state index contributed by atoms with van der Waals surface area (Å²) in [6, 6.07) is 7.08. The molecule has 0 amide bonds. The monoisotopic (exact) mass is 298 g/mol. The van der Waals surface area contributed by atoms with Crippen LogP contribution in [-0.4, -0.2) is 30.1 Å². The van der Waals surface area contributed by atoms with Crippen LogP contribution in [0.2, 0.25) is 10.0 Å². The molecule has 3 rings (SSSR count). The number of rotatable bonds is 3. The number of benzene rings is 1. The zero-order chi connectivity index (χ0) is 13.2.